The molecule has 6 nitrogen and oxygen atoms in total. The molecule has 2 heterocycles. The van der Waals surface area contributed by atoms with Crippen molar-refractivity contribution in [3.63, 3.8) is 0 Å². The van der Waals surface area contributed by atoms with Crippen molar-refractivity contribution in [2.45, 2.75) is 33.3 Å². The van der Waals surface area contributed by atoms with Crippen LogP contribution in [0.4, 0.5) is 11.8 Å². The van der Waals surface area contributed by atoms with Crippen molar-refractivity contribution in [1.82, 2.24) is 9.97 Å². The molecule has 2 aromatic heterocycles. The molecule has 0 unspecified atom stereocenters. The second kappa shape index (κ2) is 6.83. The predicted octanol–water partition coefficient (Wildman–Crippen LogP) is 2.38. The molecule has 2 rings (SSSR count). The summed E-state index contributed by atoms with van der Waals surface area (Å²) in [7, 11) is 0. The fourth-order valence-electron chi connectivity index (χ4n) is 1.81. The number of hydrogen-bond acceptors (Lipinski definition) is 7. The Hall–Kier alpha value is -1.44. The van der Waals surface area contributed by atoms with Crippen molar-refractivity contribution in [2.24, 2.45) is 5.84 Å². The highest BCUT2D eigenvalue weighted by atomic mass is 32.1. The Morgan fingerprint density at radius 3 is 2.85 bits per heavy atom. The third-order valence-corrected chi connectivity index (χ3v) is 3.94. The van der Waals surface area contributed by atoms with E-state index in [2.05, 4.69) is 33.7 Å². The lowest BCUT2D eigenvalue weighted by Crippen LogP contribution is -2.15. The Balaban J connectivity index is 2.18. The average Bonchev–Trinajstić information content (AvgIpc) is 2.86. The molecule has 0 aliphatic carbocycles. The average molecular weight is 295 g/mol. The Bertz CT molecular complexity index is 569. The smallest absolute Gasteiger partial charge is 0.240 e. The minimum atomic E-state index is 0.233. The number of hydrazine groups is 1. The van der Waals surface area contributed by atoms with Crippen molar-refractivity contribution in [2.75, 3.05) is 23.9 Å². The van der Waals surface area contributed by atoms with E-state index in [-0.39, 0.29) is 6.10 Å². The molecule has 0 aliphatic rings. The fourth-order valence-corrected chi connectivity index (χ4v) is 2.78. The van der Waals surface area contributed by atoms with Crippen LogP contribution in [0, 0.1) is 0 Å². The van der Waals surface area contributed by atoms with Gasteiger partial charge in [-0.05, 0) is 26.3 Å². The number of nitrogen functional groups attached to an aromatic ring is 1. The van der Waals surface area contributed by atoms with Gasteiger partial charge in [-0.2, -0.15) is 4.98 Å². The van der Waals surface area contributed by atoms with E-state index < -0.39 is 0 Å². The SMILES string of the molecule is CCc1cc2c(NCCOC(C)C)nc(NN)nc2s1. The Morgan fingerprint density at radius 1 is 1.40 bits per heavy atom. The van der Waals surface area contributed by atoms with Gasteiger partial charge < -0.3 is 10.1 Å². The van der Waals surface area contributed by atoms with E-state index in [0.717, 1.165) is 22.5 Å². The zero-order valence-electron chi connectivity index (χ0n) is 12.1. The lowest BCUT2D eigenvalue weighted by Gasteiger charge is -2.10. The van der Waals surface area contributed by atoms with E-state index in [1.54, 1.807) is 11.3 Å². The summed E-state index contributed by atoms with van der Waals surface area (Å²) in [6, 6.07) is 2.13. The minimum absolute atomic E-state index is 0.233. The number of aryl methyl sites for hydroxylation is 1. The van der Waals surface area contributed by atoms with Crippen LogP contribution in [0.5, 0.6) is 0 Å². The lowest BCUT2D eigenvalue weighted by molar-refractivity contribution is 0.0870. The number of hydrogen-bond donors (Lipinski definition) is 3. The summed E-state index contributed by atoms with van der Waals surface area (Å²) >= 11 is 1.67. The first-order valence-electron chi connectivity index (χ1n) is 6.76. The number of nitrogens with one attached hydrogen (secondary N) is 2. The second-order valence-electron chi connectivity index (χ2n) is 4.67. The van der Waals surface area contributed by atoms with E-state index >= 15 is 0 Å². The lowest BCUT2D eigenvalue weighted by atomic mass is 10.3. The molecule has 4 N–H and O–H groups in total. The number of anilines is 2. The molecule has 0 spiro atoms. The van der Waals surface area contributed by atoms with Crippen molar-refractivity contribution in [3.8, 4) is 0 Å². The van der Waals surface area contributed by atoms with Crippen LogP contribution in [0.15, 0.2) is 6.07 Å². The van der Waals surface area contributed by atoms with Gasteiger partial charge in [0.05, 0.1) is 18.1 Å². The van der Waals surface area contributed by atoms with Gasteiger partial charge in [0.25, 0.3) is 0 Å². The van der Waals surface area contributed by atoms with Crippen LogP contribution in [0.2, 0.25) is 0 Å². The molecule has 7 heteroatoms. The second-order valence-corrected chi connectivity index (χ2v) is 5.79. The van der Waals surface area contributed by atoms with Gasteiger partial charge in [-0.25, -0.2) is 10.8 Å². The standard InChI is InChI=1S/C13H21N5OS/c1-4-9-7-10-11(15-5-6-19-8(2)3)16-13(18-14)17-12(10)20-9/h7-8H,4-6,14H2,1-3H3,(H2,15,16,17,18). The summed E-state index contributed by atoms with van der Waals surface area (Å²) in [6.45, 7) is 7.51. The highest BCUT2D eigenvalue weighted by molar-refractivity contribution is 7.18. The third kappa shape index (κ3) is 3.56. The molecule has 0 radical (unpaired) electrons. The van der Waals surface area contributed by atoms with E-state index in [0.29, 0.717) is 19.1 Å². The Labute approximate surface area is 122 Å². The molecule has 0 aromatic carbocycles. The molecule has 110 valence electrons. The summed E-state index contributed by atoms with van der Waals surface area (Å²) in [5.41, 5.74) is 2.51. The van der Waals surface area contributed by atoms with Gasteiger partial charge in [0, 0.05) is 11.4 Å². The summed E-state index contributed by atoms with van der Waals surface area (Å²) in [4.78, 5) is 11.0. The van der Waals surface area contributed by atoms with Crippen LogP contribution in [-0.2, 0) is 11.2 Å². The molecule has 0 fully saturated rings. The van der Waals surface area contributed by atoms with Gasteiger partial charge >= 0.3 is 0 Å². The summed E-state index contributed by atoms with van der Waals surface area (Å²) in [6.07, 6.45) is 1.22. The van der Waals surface area contributed by atoms with Crippen molar-refractivity contribution >= 4 is 33.3 Å². The molecule has 0 atom stereocenters. The van der Waals surface area contributed by atoms with Crippen LogP contribution in [-0.4, -0.2) is 29.2 Å². The van der Waals surface area contributed by atoms with Crippen molar-refractivity contribution in [3.05, 3.63) is 10.9 Å². The molecule has 0 saturated carbocycles. The zero-order chi connectivity index (χ0) is 14.5. The maximum absolute atomic E-state index is 5.51. The summed E-state index contributed by atoms with van der Waals surface area (Å²) in [5, 5.41) is 4.33. The van der Waals surface area contributed by atoms with Crippen LogP contribution in [0.25, 0.3) is 10.2 Å². The van der Waals surface area contributed by atoms with Gasteiger partial charge in [0.2, 0.25) is 5.95 Å². The normalized spacial score (nSPS) is 11.2. The first-order chi connectivity index (χ1) is 9.63. The first kappa shape index (κ1) is 15.0. The maximum atomic E-state index is 5.51. The van der Waals surface area contributed by atoms with E-state index in [4.69, 9.17) is 10.6 Å². The van der Waals surface area contributed by atoms with Crippen LogP contribution < -0.4 is 16.6 Å². The Kier molecular flexibility index (Phi) is 5.11. The number of ether oxygens (including phenoxy) is 1. The van der Waals surface area contributed by atoms with E-state index in [1.165, 1.54) is 4.88 Å². The Morgan fingerprint density at radius 2 is 2.20 bits per heavy atom. The number of thiophene rings is 1. The number of aromatic nitrogens is 2. The minimum Gasteiger partial charge on any atom is -0.377 e. The fraction of sp³-hybridized carbons (Fsp3) is 0.538. The number of nitrogens with two attached hydrogens (primary N) is 1. The van der Waals surface area contributed by atoms with E-state index in [9.17, 15) is 0 Å². The van der Waals surface area contributed by atoms with Crippen molar-refractivity contribution < 1.29 is 4.74 Å². The molecule has 0 bridgehead atoms. The van der Waals surface area contributed by atoms with Gasteiger partial charge in [-0.3, -0.25) is 5.43 Å². The number of nitrogens with zero attached hydrogens (tertiary/aromatic N) is 2. The van der Waals surface area contributed by atoms with Crippen molar-refractivity contribution in [1.29, 1.82) is 0 Å². The predicted molar refractivity (Wildman–Crippen MR) is 84.2 cm³/mol. The molecule has 0 amide bonds. The molecule has 0 aliphatic heterocycles. The van der Waals surface area contributed by atoms with Gasteiger partial charge in [-0.1, -0.05) is 6.92 Å². The van der Waals surface area contributed by atoms with Crippen LogP contribution in [0.1, 0.15) is 25.6 Å². The summed E-state index contributed by atoms with van der Waals surface area (Å²) < 4.78 is 5.51. The maximum Gasteiger partial charge on any atom is 0.240 e. The number of fused-ring (bicyclic) bond motifs is 1. The first-order valence-corrected chi connectivity index (χ1v) is 7.58. The van der Waals surface area contributed by atoms with Crippen LogP contribution >= 0.6 is 11.3 Å². The quantitative estimate of drug-likeness (QED) is 0.413. The summed E-state index contributed by atoms with van der Waals surface area (Å²) in [5.74, 6) is 6.64. The van der Waals surface area contributed by atoms with Crippen LogP contribution in [0.3, 0.4) is 0 Å². The van der Waals surface area contributed by atoms with Gasteiger partial charge in [-0.15, -0.1) is 11.3 Å². The third-order valence-electron chi connectivity index (χ3n) is 2.77. The molecular weight excluding hydrogens is 274 g/mol. The van der Waals surface area contributed by atoms with E-state index in [1.807, 2.05) is 13.8 Å². The number of rotatable bonds is 7. The molecular formula is C13H21N5OS. The van der Waals surface area contributed by atoms with Gasteiger partial charge in [0.15, 0.2) is 0 Å². The molecule has 20 heavy (non-hydrogen) atoms. The molecule has 2 aromatic rings. The molecule has 0 saturated heterocycles. The van der Waals surface area contributed by atoms with Gasteiger partial charge in [0.1, 0.15) is 10.6 Å². The topological polar surface area (TPSA) is 85.1 Å². The largest absolute Gasteiger partial charge is 0.377 e. The zero-order valence-corrected chi connectivity index (χ0v) is 12.9. The highest BCUT2D eigenvalue weighted by Crippen LogP contribution is 2.30. The highest BCUT2D eigenvalue weighted by Gasteiger charge is 2.10. The monoisotopic (exact) mass is 295 g/mol.